The molecule has 0 aliphatic heterocycles. The summed E-state index contributed by atoms with van der Waals surface area (Å²) in [7, 11) is 0. The maximum absolute atomic E-state index is 6.16. The molecule has 4 heteroatoms. The highest BCUT2D eigenvalue weighted by Gasteiger charge is 2.06. The van der Waals surface area contributed by atoms with Gasteiger partial charge in [-0.15, -0.1) is 0 Å². The van der Waals surface area contributed by atoms with Crippen LogP contribution >= 0.6 is 39.1 Å². The highest BCUT2D eigenvalue weighted by atomic mass is 79.9. The molecule has 0 aliphatic carbocycles. The Morgan fingerprint density at radius 2 is 1.84 bits per heavy atom. The summed E-state index contributed by atoms with van der Waals surface area (Å²) in [4.78, 5) is 0. The van der Waals surface area contributed by atoms with Gasteiger partial charge in [-0.1, -0.05) is 29.3 Å². The van der Waals surface area contributed by atoms with Crippen LogP contribution in [0.3, 0.4) is 0 Å². The Bertz CT molecular complexity index is 588. The van der Waals surface area contributed by atoms with Gasteiger partial charge in [0, 0.05) is 21.1 Å². The van der Waals surface area contributed by atoms with Crippen LogP contribution in [0.2, 0.25) is 10.0 Å². The van der Waals surface area contributed by atoms with E-state index in [0.717, 1.165) is 20.7 Å². The predicted octanol–water partition coefficient (Wildman–Crippen LogP) is 5.98. The van der Waals surface area contributed by atoms with E-state index in [9.17, 15) is 0 Å². The fourth-order valence-electron chi connectivity index (χ4n) is 2.00. The SMILES string of the molecule is Cc1cc(C)c(NCc2cc(Cl)ccc2Cl)c(Br)c1. The average molecular weight is 359 g/mol. The fourth-order valence-corrected chi connectivity index (χ4v) is 3.20. The van der Waals surface area contributed by atoms with Crippen molar-refractivity contribution in [3.05, 3.63) is 61.5 Å². The van der Waals surface area contributed by atoms with E-state index in [1.165, 1.54) is 11.1 Å². The molecule has 0 spiro atoms. The van der Waals surface area contributed by atoms with Crippen molar-refractivity contribution in [1.82, 2.24) is 0 Å². The van der Waals surface area contributed by atoms with E-state index in [1.54, 1.807) is 6.07 Å². The third-order valence-electron chi connectivity index (χ3n) is 2.90. The van der Waals surface area contributed by atoms with Crippen LogP contribution < -0.4 is 5.32 Å². The topological polar surface area (TPSA) is 12.0 Å². The number of halogens is 3. The largest absolute Gasteiger partial charge is 0.380 e. The van der Waals surface area contributed by atoms with Crippen LogP contribution in [-0.4, -0.2) is 0 Å². The molecule has 0 saturated heterocycles. The Morgan fingerprint density at radius 3 is 2.53 bits per heavy atom. The Labute approximate surface area is 132 Å². The van der Waals surface area contributed by atoms with Gasteiger partial charge in [0.2, 0.25) is 0 Å². The number of nitrogens with one attached hydrogen (secondary N) is 1. The smallest absolute Gasteiger partial charge is 0.0517 e. The minimum absolute atomic E-state index is 0.641. The van der Waals surface area contributed by atoms with Gasteiger partial charge >= 0.3 is 0 Å². The van der Waals surface area contributed by atoms with Gasteiger partial charge < -0.3 is 5.32 Å². The molecule has 1 N–H and O–H groups in total. The second-order valence-electron chi connectivity index (χ2n) is 4.53. The number of anilines is 1. The predicted molar refractivity (Wildman–Crippen MR) is 87.4 cm³/mol. The van der Waals surface area contributed by atoms with Gasteiger partial charge in [0.15, 0.2) is 0 Å². The first-order valence-electron chi connectivity index (χ1n) is 5.92. The molecule has 100 valence electrons. The van der Waals surface area contributed by atoms with Gasteiger partial charge in [0.25, 0.3) is 0 Å². The molecular formula is C15H14BrCl2N. The summed E-state index contributed by atoms with van der Waals surface area (Å²) < 4.78 is 1.06. The monoisotopic (exact) mass is 357 g/mol. The minimum atomic E-state index is 0.641. The molecule has 0 radical (unpaired) electrons. The van der Waals surface area contributed by atoms with E-state index < -0.39 is 0 Å². The highest BCUT2D eigenvalue weighted by Crippen LogP contribution is 2.29. The molecule has 19 heavy (non-hydrogen) atoms. The third kappa shape index (κ3) is 3.65. The number of benzene rings is 2. The first kappa shape index (κ1) is 14.7. The first-order chi connectivity index (χ1) is 8.97. The van der Waals surface area contributed by atoms with Crippen LogP contribution in [-0.2, 0) is 6.54 Å². The van der Waals surface area contributed by atoms with Crippen molar-refractivity contribution in [3.8, 4) is 0 Å². The van der Waals surface area contributed by atoms with Crippen LogP contribution in [0.1, 0.15) is 16.7 Å². The fraction of sp³-hybridized carbons (Fsp3) is 0.200. The van der Waals surface area contributed by atoms with Gasteiger partial charge in [0.05, 0.1) is 5.69 Å². The molecule has 0 aliphatic rings. The van der Waals surface area contributed by atoms with Crippen LogP contribution in [0.5, 0.6) is 0 Å². The minimum Gasteiger partial charge on any atom is -0.380 e. The lowest BCUT2D eigenvalue weighted by atomic mass is 10.1. The lowest BCUT2D eigenvalue weighted by Gasteiger charge is -2.14. The molecular weight excluding hydrogens is 345 g/mol. The second kappa shape index (κ2) is 6.17. The van der Waals surface area contributed by atoms with Crippen molar-refractivity contribution < 1.29 is 0 Å². The summed E-state index contributed by atoms with van der Waals surface area (Å²) >= 11 is 15.7. The van der Waals surface area contributed by atoms with Crippen LogP contribution in [0, 0.1) is 13.8 Å². The van der Waals surface area contributed by atoms with Crippen LogP contribution in [0.4, 0.5) is 5.69 Å². The molecule has 0 heterocycles. The van der Waals surface area contributed by atoms with Crippen LogP contribution in [0.25, 0.3) is 0 Å². The van der Waals surface area contributed by atoms with Crippen molar-refractivity contribution in [2.24, 2.45) is 0 Å². The molecule has 0 bridgehead atoms. The normalized spacial score (nSPS) is 10.6. The molecule has 0 atom stereocenters. The summed E-state index contributed by atoms with van der Waals surface area (Å²) in [5.74, 6) is 0. The zero-order chi connectivity index (χ0) is 14.0. The lowest BCUT2D eigenvalue weighted by molar-refractivity contribution is 1.13. The zero-order valence-electron chi connectivity index (χ0n) is 10.7. The molecule has 2 aromatic rings. The summed E-state index contributed by atoms with van der Waals surface area (Å²) in [5.41, 5.74) is 4.50. The van der Waals surface area contributed by atoms with E-state index in [0.29, 0.717) is 11.6 Å². The zero-order valence-corrected chi connectivity index (χ0v) is 13.8. The summed E-state index contributed by atoms with van der Waals surface area (Å²) in [6, 6.07) is 9.73. The molecule has 0 unspecified atom stereocenters. The molecule has 0 fully saturated rings. The van der Waals surface area contributed by atoms with Crippen molar-refractivity contribution >= 4 is 44.8 Å². The first-order valence-corrected chi connectivity index (χ1v) is 7.47. The Balaban J connectivity index is 2.21. The lowest BCUT2D eigenvalue weighted by Crippen LogP contribution is -2.03. The summed E-state index contributed by atoms with van der Waals surface area (Å²) in [6.07, 6.45) is 0. The number of hydrogen-bond donors (Lipinski definition) is 1. The Kier molecular flexibility index (Phi) is 4.77. The average Bonchev–Trinajstić information content (AvgIpc) is 2.32. The number of hydrogen-bond acceptors (Lipinski definition) is 1. The van der Waals surface area contributed by atoms with Crippen molar-refractivity contribution in [2.45, 2.75) is 20.4 Å². The number of rotatable bonds is 3. The maximum atomic E-state index is 6.16. The van der Waals surface area contributed by atoms with Crippen molar-refractivity contribution in [2.75, 3.05) is 5.32 Å². The molecule has 1 nitrogen and oxygen atoms in total. The van der Waals surface area contributed by atoms with E-state index in [2.05, 4.69) is 47.2 Å². The third-order valence-corrected chi connectivity index (χ3v) is 4.12. The standard InChI is InChI=1S/C15H14BrCl2N/c1-9-5-10(2)15(13(16)6-9)19-8-11-7-12(17)3-4-14(11)18/h3-7,19H,8H2,1-2H3. The summed E-state index contributed by atoms with van der Waals surface area (Å²) in [5, 5.41) is 4.82. The van der Waals surface area contributed by atoms with E-state index in [4.69, 9.17) is 23.2 Å². The van der Waals surface area contributed by atoms with E-state index in [-0.39, 0.29) is 0 Å². The second-order valence-corrected chi connectivity index (χ2v) is 6.23. The molecule has 0 saturated carbocycles. The van der Waals surface area contributed by atoms with Crippen molar-refractivity contribution in [1.29, 1.82) is 0 Å². The molecule has 2 rings (SSSR count). The molecule has 2 aromatic carbocycles. The van der Waals surface area contributed by atoms with Gasteiger partial charge in [-0.25, -0.2) is 0 Å². The Morgan fingerprint density at radius 1 is 1.11 bits per heavy atom. The maximum Gasteiger partial charge on any atom is 0.0517 e. The summed E-state index contributed by atoms with van der Waals surface area (Å²) in [6.45, 7) is 4.80. The van der Waals surface area contributed by atoms with Gasteiger partial charge in [0.1, 0.15) is 0 Å². The quantitative estimate of drug-likeness (QED) is 0.710. The van der Waals surface area contributed by atoms with Gasteiger partial charge in [-0.05, 0) is 70.7 Å². The van der Waals surface area contributed by atoms with Gasteiger partial charge in [-0.2, -0.15) is 0 Å². The van der Waals surface area contributed by atoms with E-state index in [1.807, 2.05) is 12.1 Å². The highest BCUT2D eigenvalue weighted by molar-refractivity contribution is 9.10. The van der Waals surface area contributed by atoms with Gasteiger partial charge in [-0.3, -0.25) is 0 Å². The number of aryl methyl sites for hydroxylation is 2. The van der Waals surface area contributed by atoms with Crippen molar-refractivity contribution in [3.63, 3.8) is 0 Å². The van der Waals surface area contributed by atoms with E-state index >= 15 is 0 Å². The Hall–Kier alpha value is -0.700. The molecule has 0 aromatic heterocycles. The van der Waals surface area contributed by atoms with Crippen LogP contribution in [0.15, 0.2) is 34.8 Å². The molecule has 0 amide bonds.